The molecular formula is C22H19F3N4O. The third kappa shape index (κ3) is 4.06. The molecule has 0 N–H and O–H groups in total. The molecule has 0 saturated heterocycles. The topological polar surface area (TPSA) is 61.9 Å². The Morgan fingerprint density at radius 1 is 1.17 bits per heavy atom. The summed E-state index contributed by atoms with van der Waals surface area (Å²) in [6.07, 6.45) is -3.13. The van der Waals surface area contributed by atoms with Gasteiger partial charge in [-0.05, 0) is 57.2 Å². The summed E-state index contributed by atoms with van der Waals surface area (Å²) in [6.45, 7) is 5.30. The number of nitrogens with zero attached hydrogens (tertiary/aromatic N) is 4. The highest BCUT2D eigenvalue weighted by molar-refractivity contribution is 6.07. The lowest BCUT2D eigenvalue weighted by atomic mass is 10.1. The molecule has 0 unspecified atom stereocenters. The minimum absolute atomic E-state index is 0.212. The number of amides is 1. The van der Waals surface area contributed by atoms with Crippen molar-refractivity contribution in [3.8, 4) is 11.8 Å². The molecule has 5 nitrogen and oxygen atoms in total. The Morgan fingerprint density at radius 3 is 2.50 bits per heavy atom. The smallest absolute Gasteiger partial charge is 0.306 e. The number of nitriles is 1. The van der Waals surface area contributed by atoms with Crippen LogP contribution in [-0.4, -0.2) is 21.7 Å². The first kappa shape index (κ1) is 21.1. The minimum Gasteiger partial charge on any atom is -0.306 e. The summed E-state index contributed by atoms with van der Waals surface area (Å²) < 4.78 is 40.5. The molecule has 3 aromatic rings. The average molecular weight is 412 g/mol. The fourth-order valence-electron chi connectivity index (χ4n) is 3.20. The quantitative estimate of drug-likeness (QED) is 0.597. The second kappa shape index (κ2) is 8.03. The van der Waals surface area contributed by atoms with Gasteiger partial charge in [0.2, 0.25) is 0 Å². The molecule has 0 aliphatic carbocycles. The predicted molar refractivity (Wildman–Crippen MR) is 106 cm³/mol. The SMILES string of the molecule is Cc1c(C(=O)N(c2cccc(C#N)c2)C(C)C)cnn1-c1cccc(C(F)(F)F)c1. The Bertz CT molecular complexity index is 1130. The standard InChI is InChI=1S/C22H19F3N4O/c1-14(2)28(18-8-4-6-16(10-18)12-26)21(30)20-13-27-29(15(20)3)19-9-5-7-17(11-19)22(23,24)25/h4-11,13-14H,1-3H3. The van der Waals surface area contributed by atoms with Gasteiger partial charge >= 0.3 is 6.18 Å². The number of halogens is 3. The zero-order chi connectivity index (χ0) is 22.1. The van der Waals surface area contributed by atoms with Crippen molar-refractivity contribution >= 4 is 11.6 Å². The highest BCUT2D eigenvalue weighted by Gasteiger charge is 2.31. The molecule has 0 fully saturated rings. The molecular weight excluding hydrogens is 393 g/mol. The Labute approximate surface area is 172 Å². The number of hydrogen-bond acceptors (Lipinski definition) is 3. The van der Waals surface area contributed by atoms with Crippen molar-refractivity contribution in [3.63, 3.8) is 0 Å². The van der Waals surface area contributed by atoms with E-state index in [1.54, 1.807) is 31.2 Å². The first-order chi connectivity index (χ1) is 14.1. The molecule has 3 rings (SSSR count). The van der Waals surface area contributed by atoms with Gasteiger partial charge in [0.25, 0.3) is 5.91 Å². The summed E-state index contributed by atoms with van der Waals surface area (Å²) in [7, 11) is 0. The highest BCUT2D eigenvalue weighted by Crippen LogP contribution is 2.31. The van der Waals surface area contributed by atoms with E-state index < -0.39 is 11.7 Å². The van der Waals surface area contributed by atoms with Crippen LogP contribution in [0.5, 0.6) is 0 Å². The molecule has 1 amide bonds. The van der Waals surface area contributed by atoms with E-state index >= 15 is 0 Å². The lowest BCUT2D eigenvalue weighted by Crippen LogP contribution is -2.37. The van der Waals surface area contributed by atoms with Gasteiger partial charge in [-0.2, -0.15) is 23.5 Å². The lowest BCUT2D eigenvalue weighted by Gasteiger charge is -2.27. The van der Waals surface area contributed by atoms with Gasteiger partial charge in [-0.15, -0.1) is 0 Å². The number of benzene rings is 2. The van der Waals surface area contributed by atoms with Gasteiger partial charge in [0.1, 0.15) is 0 Å². The highest BCUT2D eigenvalue weighted by atomic mass is 19.4. The first-order valence-electron chi connectivity index (χ1n) is 9.19. The van der Waals surface area contributed by atoms with Crippen molar-refractivity contribution in [1.29, 1.82) is 5.26 Å². The molecule has 1 heterocycles. The van der Waals surface area contributed by atoms with Crippen molar-refractivity contribution in [2.75, 3.05) is 4.90 Å². The van der Waals surface area contributed by atoms with Gasteiger partial charge in [-0.3, -0.25) is 4.79 Å². The molecule has 0 aliphatic heterocycles. The van der Waals surface area contributed by atoms with Crippen LogP contribution in [0.25, 0.3) is 5.69 Å². The Morgan fingerprint density at radius 2 is 1.87 bits per heavy atom. The molecule has 0 bridgehead atoms. The van der Waals surface area contributed by atoms with Gasteiger partial charge in [0.05, 0.1) is 40.3 Å². The normalized spacial score (nSPS) is 11.4. The van der Waals surface area contributed by atoms with Crippen LogP contribution >= 0.6 is 0 Å². The van der Waals surface area contributed by atoms with E-state index in [4.69, 9.17) is 5.26 Å². The van der Waals surface area contributed by atoms with Gasteiger partial charge in [0, 0.05) is 11.7 Å². The number of alkyl halides is 3. The summed E-state index contributed by atoms with van der Waals surface area (Å²) in [5, 5.41) is 13.3. The van der Waals surface area contributed by atoms with Crippen molar-refractivity contribution in [1.82, 2.24) is 9.78 Å². The summed E-state index contributed by atoms with van der Waals surface area (Å²) >= 11 is 0. The van der Waals surface area contributed by atoms with E-state index in [2.05, 4.69) is 5.10 Å². The van der Waals surface area contributed by atoms with Crippen LogP contribution in [0, 0.1) is 18.3 Å². The molecule has 2 aromatic carbocycles. The number of carbonyl (C=O) groups excluding carboxylic acids is 1. The maximum atomic E-state index is 13.3. The minimum atomic E-state index is -4.48. The van der Waals surface area contributed by atoms with E-state index in [0.717, 1.165) is 12.1 Å². The van der Waals surface area contributed by atoms with Crippen LogP contribution in [0.1, 0.15) is 41.0 Å². The fraction of sp³-hybridized carbons (Fsp3) is 0.227. The van der Waals surface area contributed by atoms with E-state index in [1.807, 2.05) is 19.9 Å². The number of carbonyl (C=O) groups is 1. The molecule has 0 saturated carbocycles. The fourth-order valence-corrected chi connectivity index (χ4v) is 3.20. The average Bonchev–Trinajstić information content (AvgIpc) is 3.09. The van der Waals surface area contributed by atoms with E-state index in [1.165, 1.54) is 27.9 Å². The molecule has 30 heavy (non-hydrogen) atoms. The zero-order valence-corrected chi connectivity index (χ0v) is 16.6. The van der Waals surface area contributed by atoms with Crippen LogP contribution in [0.3, 0.4) is 0 Å². The van der Waals surface area contributed by atoms with Crippen molar-refractivity contribution in [2.45, 2.75) is 33.0 Å². The largest absolute Gasteiger partial charge is 0.416 e. The number of rotatable bonds is 4. The molecule has 1 aromatic heterocycles. The molecule has 154 valence electrons. The second-order valence-electron chi connectivity index (χ2n) is 7.03. The van der Waals surface area contributed by atoms with Crippen molar-refractivity contribution in [2.24, 2.45) is 0 Å². The Kier molecular flexibility index (Phi) is 5.65. The third-order valence-corrected chi connectivity index (χ3v) is 4.65. The van der Waals surface area contributed by atoms with Crippen LogP contribution in [-0.2, 0) is 6.18 Å². The second-order valence-corrected chi connectivity index (χ2v) is 7.03. The van der Waals surface area contributed by atoms with Crippen LogP contribution in [0.15, 0.2) is 54.7 Å². The summed E-state index contributed by atoms with van der Waals surface area (Å²) in [4.78, 5) is 14.8. The Hall–Kier alpha value is -3.60. The van der Waals surface area contributed by atoms with Crippen LogP contribution < -0.4 is 4.90 Å². The summed E-state index contributed by atoms with van der Waals surface area (Å²) in [6, 6.07) is 13.3. The Balaban J connectivity index is 2.02. The monoisotopic (exact) mass is 412 g/mol. The number of aromatic nitrogens is 2. The molecule has 0 radical (unpaired) electrons. The van der Waals surface area contributed by atoms with Crippen LogP contribution in [0.4, 0.5) is 18.9 Å². The molecule has 8 heteroatoms. The molecule has 0 spiro atoms. The van der Waals surface area contributed by atoms with E-state index in [9.17, 15) is 18.0 Å². The zero-order valence-electron chi connectivity index (χ0n) is 16.6. The third-order valence-electron chi connectivity index (χ3n) is 4.65. The van der Waals surface area contributed by atoms with Gasteiger partial charge in [-0.1, -0.05) is 12.1 Å². The summed E-state index contributed by atoms with van der Waals surface area (Å²) in [5.74, 6) is -0.351. The molecule has 0 aliphatic rings. The number of anilines is 1. The van der Waals surface area contributed by atoms with E-state index in [-0.39, 0.29) is 23.2 Å². The maximum Gasteiger partial charge on any atom is 0.416 e. The molecule has 0 atom stereocenters. The predicted octanol–water partition coefficient (Wildman–Crippen LogP) is 5.13. The van der Waals surface area contributed by atoms with Crippen molar-refractivity contribution in [3.05, 3.63) is 77.1 Å². The lowest BCUT2D eigenvalue weighted by molar-refractivity contribution is -0.137. The van der Waals surface area contributed by atoms with Gasteiger partial charge in [0.15, 0.2) is 0 Å². The van der Waals surface area contributed by atoms with Gasteiger partial charge < -0.3 is 4.90 Å². The van der Waals surface area contributed by atoms with Gasteiger partial charge in [-0.25, -0.2) is 4.68 Å². The first-order valence-corrected chi connectivity index (χ1v) is 9.19. The van der Waals surface area contributed by atoms with Crippen LogP contribution in [0.2, 0.25) is 0 Å². The van der Waals surface area contributed by atoms with Crippen molar-refractivity contribution < 1.29 is 18.0 Å². The maximum absolute atomic E-state index is 13.3. The summed E-state index contributed by atoms with van der Waals surface area (Å²) in [5.41, 5.74) is 1.08. The van der Waals surface area contributed by atoms with E-state index in [0.29, 0.717) is 16.9 Å². The number of hydrogen-bond donors (Lipinski definition) is 0.